The van der Waals surface area contributed by atoms with E-state index in [1.54, 1.807) is 20.9 Å². The summed E-state index contributed by atoms with van der Waals surface area (Å²) in [5.41, 5.74) is 3.30. The fourth-order valence-corrected chi connectivity index (χ4v) is 4.25. The molecule has 0 amide bonds. The van der Waals surface area contributed by atoms with Gasteiger partial charge in [0.25, 0.3) is 0 Å². The molecule has 1 aromatic heterocycles. The van der Waals surface area contributed by atoms with E-state index in [1.165, 1.54) is 70.6 Å². The van der Waals surface area contributed by atoms with E-state index >= 15 is 0 Å². The normalized spacial score (nSPS) is 13.6. The summed E-state index contributed by atoms with van der Waals surface area (Å²) < 4.78 is 0. The molecular weight excluding hydrogens is 260 g/mol. The van der Waals surface area contributed by atoms with Gasteiger partial charge in [-0.25, -0.2) is 0 Å². The summed E-state index contributed by atoms with van der Waals surface area (Å²) >= 11 is 2.05. The molecule has 0 aromatic carbocycles. The van der Waals surface area contributed by atoms with Crippen LogP contribution in [0.15, 0.2) is 11.6 Å². The number of fused-ring (bicyclic) bond motifs is 1. The average Bonchev–Trinajstić information content (AvgIpc) is 2.98. The van der Waals surface area contributed by atoms with Crippen LogP contribution in [0.25, 0.3) is 6.08 Å². The third kappa shape index (κ3) is 4.77. The Bertz CT molecular complexity index is 425. The minimum Gasteiger partial charge on any atom is -0.141 e. The lowest BCUT2D eigenvalue weighted by Crippen LogP contribution is -1.86. The van der Waals surface area contributed by atoms with Crippen molar-refractivity contribution in [2.24, 2.45) is 0 Å². The third-order valence-corrected chi connectivity index (χ3v) is 5.46. The predicted octanol–water partition coefficient (Wildman–Crippen LogP) is 6.78. The highest BCUT2D eigenvalue weighted by molar-refractivity contribution is 7.13. The first-order valence-electron chi connectivity index (χ1n) is 8.64. The third-order valence-electron chi connectivity index (χ3n) is 4.27. The van der Waals surface area contributed by atoms with E-state index in [1.807, 2.05) is 0 Å². The molecule has 0 unspecified atom stereocenters. The van der Waals surface area contributed by atoms with Crippen molar-refractivity contribution in [2.75, 3.05) is 0 Å². The molecule has 2 rings (SSSR count). The molecule has 1 heterocycles. The van der Waals surface area contributed by atoms with Crippen LogP contribution in [-0.4, -0.2) is 0 Å². The van der Waals surface area contributed by atoms with Crippen LogP contribution in [0.4, 0.5) is 0 Å². The van der Waals surface area contributed by atoms with Gasteiger partial charge in [-0.05, 0) is 49.8 Å². The topological polar surface area (TPSA) is 0 Å². The van der Waals surface area contributed by atoms with Gasteiger partial charge in [0.2, 0.25) is 0 Å². The predicted molar refractivity (Wildman–Crippen MR) is 92.6 cm³/mol. The van der Waals surface area contributed by atoms with Gasteiger partial charge in [-0.15, -0.1) is 11.3 Å². The summed E-state index contributed by atoms with van der Waals surface area (Å²) in [4.78, 5) is 3.19. The van der Waals surface area contributed by atoms with E-state index in [9.17, 15) is 0 Å². The number of thiophene rings is 1. The van der Waals surface area contributed by atoms with E-state index in [2.05, 4.69) is 37.3 Å². The van der Waals surface area contributed by atoms with Gasteiger partial charge in [-0.3, -0.25) is 0 Å². The molecule has 1 heteroatoms. The monoisotopic (exact) mass is 290 g/mol. The van der Waals surface area contributed by atoms with Gasteiger partial charge in [0.1, 0.15) is 0 Å². The van der Waals surface area contributed by atoms with E-state index in [-0.39, 0.29) is 0 Å². The zero-order chi connectivity index (χ0) is 14.2. The second kappa shape index (κ2) is 8.67. The summed E-state index contributed by atoms with van der Waals surface area (Å²) in [6.07, 6.45) is 17.4. The SMILES string of the molecule is CCCCCCC1=Cc2sc(CCCCCC)cc2C1. The molecule has 0 saturated heterocycles. The highest BCUT2D eigenvalue weighted by Crippen LogP contribution is 2.35. The van der Waals surface area contributed by atoms with Crippen molar-refractivity contribution < 1.29 is 0 Å². The molecule has 1 aliphatic rings. The van der Waals surface area contributed by atoms with E-state index in [0.29, 0.717) is 0 Å². The minimum atomic E-state index is 1.24. The maximum atomic E-state index is 2.49. The molecule has 0 aliphatic heterocycles. The highest BCUT2D eigenvalue weighted by Gasteiger charge is 2.15. The Hall–Kier alpha value is -0.560. The molecule has 0 atom stereocenters. The maximum absolute atomic E-state index is 2.49. The van der Waals surface area contributed by atoms with Crippen molar-refractivity contribution in [2.45, 2.75) is 84.5 Å². The lowest BCUT2D eigenvalue weighted by Gasteiger charge is -2.02. The molecule has 20 heavy (non-hydrogen) atoms. The van der Waals surface area contributed by atoms with Crippen LogP contribution in [0.2, 0.25) is 0 Å². The number of allylic oxidation sites excluding steroid dienone is 1. The van der Waals surface area contributed by atoms with Gasteiger partial charge in [0.05, 0.1) is 0 Å². The van der Waals surface area contributed by atoms with Crippen molar-refractivity contribution in [3.05, 3.63) is 27.0 Å². The standard InChI is InChI=1S/C19H30S/c1-3-5-7-9-11-16-13-17-15-18(20-19(17)14-16)12-10-8-6-4-2/h14-15H,3-13H2,1-2H3. The highest BCUT2D eigenvalue weighted by atomic mass is 32.1. The van der Waals surface area contributed by atoms with Crippen molar-refractivity contribution in [1.82, 2.24) is 0 Å². The first-order chi connectivity index (χ1) is 9.83. The van der Waals surface area contributed by atoms with Crippen LogP contribution in [0.1, 0.15) is 87.0 Å². The van der Waals surface area contributed by atoms with Gasteiger partial charge in [-0.1, -0.05) is 57.9 Å². The zero-order valence-electron chi connectivity index (χ0n) is 13.3. The maximum Gasteiger partial charge on any atom is 0.0308 e. The van der Waals surface area contributed by atoms with Gasteiger partial charge in [-0.2, -0.15) is 0 Å². The second-order valence-electron chi connectivity index (χ2n) is 6.20. The molecule has 0 radical (unpaired) electrons. The molecule has 0 fully saturated rings. The molecule has 0 bridgehead atoms. The largest absolute Gasteiger partial charge is 0.141 e. The summed E-state index contributed by atoms with van der Waals surface area (Å²) in [6.45, 7) is 4.57. The Morgan fingerprint density at radius 3 is 2.25 bits per heavy atom. The molecule has 112 valence electrons. The number of hydrogen-bond donors (Lipinski definition) is 0. The van der Waals surface area contributed by atoms with E-state index in [0.717, 1.165) is 0 Å². The van der Waals surface area contributed by atoms with Crippen molar-refractivity contribution >= 4 is 17.4 Å². The fourth-order valence-electron chi connectivity index (χ4n) is 3.03. The van der Waals surface area contributed by atoms with Gasteiger partial charge < -0.3 is 0 Å². The average molecular weight is 291 g/mol. The summed E-state index contributed by atoms with van der Waals surface area (Å²) in [5, 5.41) is 0. The summed E-state index contributed by atoms with van der Waals surface area (Å²) in [6, 6.07) is 2.49. The minimum absolute atomic E-state index is 1.24. The Balaban J connectivity index is 1.74. The number of hydrogen-bond acceptors (Lipinski definition) is 1. The Morgan fingerprint density at radius 1 is 0.900 bits per heavy atom. The van der Waals surface area contributed by atoms with Crippen molar-refractivity contribution in [1.29, 1.82) is 0 Å². The van der Waals surface area contributed by atoms with E-state index < -0.39 is 0 Å². The summed E-state index contributed by atoms with van der Waals surface area (Å²) in [7, 11) is 0. The van der Waals surface area contributed by atoms with Crippen LogP contribution >= 0.6 is 11.3 Å². The molecular formula is C19H30S. The molecule has 0 saturated carbocycles. The second-order valence-corrected chi connectivity index (χ2v) is 7.37. The Morgan fingerprint density at radius 2 is 1.60 bits per heavy atom. The number of unbranched alkanes of at least 4 members (excludes halogenated alkanes) is 6. The molecule has 0 N–H and O–H groups in total. The molecule has 0 nitrogen and oxygen atoms in total. The van der Waals surface area contributed by atoms with Gasteiger partial charge >= 0.3 is 0 Å². The van der Waals surface area contributed by atoms with Crippen molar-refractivity contribution in [3.63, 3.8) is 0 Å². The smallest absolute Gasteiger partial charge is 0.0308 e. The molecule has 1 aliphatic carbocycles. The van der Waals surface area contributed by atoms with Gasteiger partial charge in [0.15, 0.2) is 0 Å². The van der Waals surface area contributed by atoms with Crippen LogP contribution in [0.3, 0.4) is 0 Å². The Labute approximate surface area is 129 Å². The number of aryl methyl sites for hydroxylation is 1. The van der Waals surface area contributed by atoms with Crippen molar-refractivity contribution in [3.8, 4) is 0 Å². The van der Waals surface area contributed by atoms with Crippen LogP contribution in [0, 0.1) is 0 Å². The first kappa shape index (κ1) is 15.8. The van der Waals surface area contributed by atoms with E-state index in [4.69, 9.17) is 0 Å². The Kier molecular flexibility index (Phi) is 6.86. The first-order valence-corrected chi connectivity index (χ1v) is 9.46. The van der Waals surface area contributed by atoms with Crippen LogP contribution in [0.5, 0.6) is 0 Å². The van der Waals surface area contributed by atoms with Crippen LogP contribution < -0.4 is 0 Å². The lowest BCUT2D eigenvalue weighted by molar-refractivity contribution is 0.662. The molecule has 0 spiro atoms. The lowest BCUT2D eigenvalue weighted by atomic mass is 10.0. The summed E-state index contributed by atoms with van der Waals surface area (Å²) in [5.74, 6) is 0. The molecule has 1 aromatic rings. The zero-order valence-corrected chi connectivity index (χ0v) is 14.2. The van der Waals surface area contributed by atoms with Gasteiger partial charge in [0, 0.05) is 9.75 Å². The fraction of sp³-hybridized carbons (Fsp3) is 0.684. The van der Waals surface area contributed by atoms with Crippen LogP contribution in [-0.2, 0) is 12.8 Å². The quantitative estimate of drug-likeness (QED) is 0.416. The number of rotatable bonds is 10.